The number of aromatic nitrogens is 3. The summed E-state index contributed by atoms with van der Waals surface area (Å²) in [7, 11) is 0. The van der Waals surface area contributed by atoms with E-state index in [2.05, 4.69) is 34.1 Å². The monoisotopic (exact) mass is 327 g/mol. The topological polar surface area (TPSA) is 63.1 Å². The molecule has 6 nitrogen and oxygen atoms in total. The number of nitrogens with one attached hydrogen (secondary N) is 1. The summed E-state index contributed by atoms with van der Waals surface area (Å²) in [6.45, 7) is 10.1. The van der Waals surface area contributed by atoms with E-state index < -0.39 is 0 Å². The zero-order chi connectivity index (χ0) is 17.3. The van der Waals surface area contributed by atoms with Crippen LogP contribution >= 0.6 is 0 Å². The van der Waals surface area contributed by atoms with Crippen molar-refractivity contribution in [1.29, 1.82) is 0 Å². The molecule has 2 aromatic rings. The summed E-state index contributed by atoms with van der Waals surface area (Å²) in [4.78, 5) is 19.2. The van der Waals surface area contributed by atoms with Gasteiger partial charge >= 0.3 is 0 Å². The molecule has 3 rings (SSSR count). The summed E-state index contributed by atoms with van der Waals surface area (Å²) in [6.07, 6.45) is 4.07. The summed E-state index contributed by atoms with van der Waals surface area (Å²) in [6, 6.07) is 4.03. The highest BCUT2D eigenvalue weighted by atomic mass is 16.1. The number of rotatable bonds is 4. The third-order valence-corrected chi connectivity index (χ3v) is 4.49. The van der Waals surface area contributed by atoms with Crippen molar-refractivity contribution in [2.75, 3.05) is 23.3 Å². The first-order valence-electron chi connectivity index (χ1n) is 8.55. The second kappa shape index (κ2) is 6.63. The molecular weight excluding hydrogens is 302 g/mol. The van der Waals surface area contributed by atoms with Gasteiger partial charge in [0.15, 0.2) is 0 Å². The molecule has 1 aliphatic rings. The van der Waals surface area contributed by atoms with Gasteiger partial charge in [0, 0.05) is 25.3 Å². The van der Waals surface area contributed by atoms with E-state index in [1.807, 2.05) is 30.7 Å². The third-order valence-electron chi connectivity index (χ3n) is 4.49. The van der Waals surface area contributed by atoms with Crippen LogP contribution < -0.4 is 10.2 Å². The van der Waals surface area contributed by atoms with E-state index in [1.54, 1.807) is 6.20 Å². The van der Waals surface area contributed by atoms with E-state index in [0.29, 0.717) is 5.56 Å². The fourth-order valence-electron chi connectivity index (χ4n) is 3.19. The van der Waals surface area contributed by atoms with Crippen molar-refractivity contribution in [3.8, 4) is 0 Å². The number of hydrogen-bond donors (Lipinski definition) is 1. The number of hydrogen-bond acceptors (Lipinski definition) is 4. The molecule has 1 saturated heterocycles. The Morgan fingerprint density at radius 3 is 2.46 bits per heavy atom. The minimum absolute atomic E-state index is 0.148. The quantitative estimate of drug-likeness (QED) is 0.935. The number of anilines is 2. The zero-order valence-corrected chi connectivity index (χ0v) is 14.8. The van der Waals surface area contributed by atoms with Gasteiger partial charge in [-0.05, 0) is 52.7 Å². The highest BCUT2D eigenvalue weighted by molar-refractivity contribution is 6.04. The van der Waals surface area contributed by atoms with E-state index in [-0.39, 0.29) is 11.9 Å². The maximum Gasteiger partial charge on any atom is 0.257 e. The van der Waals surface area contributed by atoms with Gasteiger partial charge < -0.3 is 10.2 Å². The SMILES string of the molecule is Cc1nn(C(C)C)c(C)c1NC(=O)c1ccc(N2CCCC2)nc1. The Hall–Kier alpha value is -2.37. The Bertz CT molecular complexity index is 727. The number of amides is 1. The summed E-state index contributed by atoms with van der Waals surface area (Å²) in [5.74, 6) is 0.800. The maximum atomic E-state index is 12.5. The number of carbonyl (C=O) groups excluding carboxylic acids is 1. The number of aryl methyl sites for hydroxylation is 1. The van der Waals surface area contributed by atoms with Crippen LogP contribution in [0.15, 0.2) is 18.3 Å². The predicted molar refractivity (Wildman–Crippen MR) is 95.7 cm³/mol. The Morgan fingerprint density at radius 1 is 1.21 bits per heavy atom. The Morgan fingerprint density at radius 2 is 1.92 bits per heavy atom. The minimum atomic E-state index is -0.148. The summed E-state index contributed by atoms with van der Waals surface area (Å²) in [5.41, 5.74) is 3.15. The molecule has 3 heterocycles. The van der Waals surface area contributed by atoms with Gasteiger partial charge in [-0.1, -0.05) is 0 Å². The number of pyridine rings is 1. The normalized spacial score (nSPS) is 14.5. The molecule has 0 bridgehead atoms. The maximum absolute atomic E-state index is 12.5. The van der Waals surface area contributed by atoms with Gasteiger partial charge in [-0.3, -0.25) is 9.48 Å². The highest BCUT2D eigenvalue weighted by Gasteiger charge is 2.18. The lowest BCUT2D eigenvalue weighted by Crippen LogP contribution is -2.19. The van der Waals surface area contributed by atoms with Gasteiger partial charge in [0.05, 0.1) is 22.6 Å². The third kappa shape index (κ3) is 3.13. The second-order valence-electron chi connectivity index (χ2n) is 6.64. The van der Waals surface area contributed by atoms with Gasteiger partial charge in [0.1, 0.15) is 5.82 Å². The van der Waals surface area contributed by atoms with Gasteiger partial charge in [-0.25, -0.2) is 4.98 Å². The van der Waals surface area contributed by atoms with Crippen LogP contribution in [0.4, 0.5) is 11.5 Å². The summed E-state index contributed by atoms with van der Waals surface area (Å²) < 4.78 is 1.93. The van der Waals surface area contributed by atoms with Crippen LogP contribution in [0.25, 0.3) is 0 Å². The van der Waals surface area contributed by atoms with Crippen molar-refractivity contribution in [1.82, 2.24) is 14.8 Å². The molecule has 6 heteroatoms. The molecule has 1 amide bonds. The lowest BCUT2D eigenvalue weighted by atomic mass is 10.2. The van der Waals surface area contributed by atoms with Crippen LogP contribution in [0.2, 0.25) is 0 Å². The molecule has 24 heavy (non-hydrogen) atoms. The van der Waals surface area contributed by atoms with Crippen molar-refractivity contribution < 1.29 is 4.79 Å². The molecular formula is C18H25N5O. The Labute approximate surface area is 142 Å². The molecule has 1 fully saturated rings. The van der Waals surface area contributed by atoms with E-state index in [1.165, 1.54) is 12.8 Å². The van der Waals surface area contributed by atoms with Gasteiger partial charge in [0.25, 0.3) is 5.91 Å². The average Bonchev–Trinajstić information content (AvgIpc) is 3.19. The van der Waals surface area contributed by atoms with Gasteiger partial charge in [-0.2, -0.15) is 5.10 Å². The van der Waals surface area contributed by atoms with Gasteiger partial charge in [0.2, 0.25) is 0 Å². The minimum Gasteiger partial charge on any atom is -0.357 e. The average molecular weight is 327 g/mol. The van der Waals surface area contributed by atoms with Crippen LogP contribution in [-0.4, -0.2) is 33.8 Å². The predicted octanol–water partition coefficient (Wildman–Crippen LogP) is 3.33. The van der Waals surface area contributed by atoms with E-state index in [0.717, 1.165) is 36.0 Å². The fraction of sp³-hybridized carbons (Fsp3) is 0.500. The van der Waals surface area contributed by atoms with Gasteiger partial charge in [-0.15, -0.1) is 0 Å². The second-order valence-corrected chi connectivity index (χ2v) is 6.64. The molecule has 0 aromatic carbocycles. The summed E-state index contributed by atoms with van der Waals surface area (Å²) in [5, 5.41) is 7.49. The molecule has 0 spiro atoms. The first-order valence-corrected chi connectivity index (χ1v) is 8.55. The van der Waals surface area contributed by atoms with Crippen molar-refractivity contribution >= 4 is 17.4 Å². The van der Waals surface area contributed by atoms with Crippen molar-refractivity contribution in [2.45, 2.75) is 46.6 Å². The van der Waals surface area contributed by atoms with E-state index in [9.17, 15) is 4.79 Å². The highest BCUT2D eigenvalue weighted by Crippen LogP contribution is 2.23. The fourth-order valence-corrected chi connectivity index (χ4v) is 3.19. The van der Waals surface area contributed by atoms with Crippen molar-refractivity contribution in [3.05, 3.63) is 35.3 Å². The molecule has 1 N–H and O–H groups in total. The first-order chi connectivity index (χ1) is 11.5. The van der Waals surface area contributed by atoms with Crippen LogP contribution in [0.3, 0.4) is 0 Å². The zero-order valence-electron chi connectivity index (χ0n) is 14.8. The first kappa shape index (κ1) is 16.5. The molecule has 0 aliphatic carbocycles. The molecule has 0 radical (unpaired) electrons. The van der Waals surface area contributed by atoms with Crippen LogP contribution in [0.5, 0.6) is 0 Å². The molecule has 0 unspecified atom stereocenters. The van der Waals surface area contributed by atoms with E-state index in [4.69, 9.17) is 0 Å². The molecule has 0 atom stereocenters. The standard InChI is InChI=1S/C18H25N5O/c1-12(2)23-14(4)17(13(3)21-23)20-18(24)15-7-8-16(19-11-15)22-9-5-6-10-22/h7-8,11-12H,5-6,9-10H2,1-4H3,(H,20,24). The van der Waals surface area contributed by atoms with E-state index >= 15 is 0 Å². The van der Waals surface area contributed by atoms with Crippen LogP contribution in [0, 0.1) is 13.8 Å². The smallest absolute Gasteiger partial charge is 0.257 e. The Balaban J connectivity index is 1.75. The molecule has 1 aliphatic heterocycles. The van der Waals surface area contributed by atoms with Crippen molar-refractivity contribution in [3.63, 3.8) is 0 Å². The molecule has 0 saturated carbocycles. The van der Waals surface area contributed by atoms with Crippen LogP contribution in [0.1, 0.15) is 54.5 Å². The number of nitrogens with zero attached hydrogens (tertiary/aromatic N) is 4. The Kier molecular flexibility index (Phi) is 4.55. The molecule has 2 aromatic heterocycles. The lowest BCUT2D eigenvalue weighted by molar-refractivity contribution is 0.102. The van der Waals surface area contributed by atoms with Crippen LogP contribution in [-0.2, 0) is 0 Å². The number of carbonyl (C=O) groups is 1. The lowest BCUT2D eigenvalue weighted by Gasteiger charge is -2.16. The molecule has 128 valence electrons. The summed E-state index contributed by atoms with van der Waals surface area (Å²) >= 11 is 0. The van der Waals surface area contributed by atoms with Crippen molar-refractivity contribution in [2.24, 2.45) is 0 Å². The largest absolute Gasteiger partial charge is 0.357 e.